The summed E-state index contributed by atoms with van der Waals surface area (Å²) in [6, 6.07) is 15.2. The third kappa shape index (κ3) is 5.71. The zero-order chi connectivity index (χ0) is 27.4. The first kappa shape index (κ1) is 26.6. The largest absolute Gasteiger partial charge is 0.508 e. The SMILES string of the molecule is C#CCN1CC(=O)N2C(Cc3ccc(O)cc3)C(=O)N(C3CCCCC3)C[C@@H]2N1C(=O)NCc1ccccc1. The summed E-state index contributed by atoms with van der Waals surface area (Å²) in [6.07, 6.45) is 10.3. The van der Waals surface area contributed by atoms with Crippen LogP contribution < -0.4 is 5.32 Å². The monoisotopic (exact) mass is 529 g/mol. The maximum absolute atomic E-state index is 14.0. The third-order valence-corrected chi connectivity index (χ3v) is 7.93. The van der Waals surface area contributed by atoms with Crippen molar-refractivity contribution in [3.63, 3.8) is 0 Å². The number of hydrogen-bond donors (Lipinski definition) is 2. The summed E-state index contributed by atoms with van der Waals surface area (Å²) in [7, 11) is 0. The van der Waals surface area contributed by atoms with Gasteiger partial charge in [-0.2, -0.15) is 5.01 Å². The summed E-state index contributed by atoms with van der Waals surface area (Å²) < 4.78 is 0. The maximum Gasteiger partial charge on any atom is 0.334 e. The summed E-state index contributed by atoms with van der Waals surface area (Å²) in [5, 5.41) is 15.9. The molecule has 9 nitrogen and oxygen atoms in total. The van der Waals surface area contributed by atoms with E-state index in [1.54, 1.807) is 39.2 Å². The highest BCUT2D eigenvalue weighted by atomic mass is 16.3. The van der Waals surface area contributed by atoms with E-state index in [-0.39, 0.29) is 49.3 Å². The standard InChI is InChI=1S/C30H35N5O4/c1-2-17-32-21-28(37)34-26(18-22-13-15-25(36)16-14-22)29(38)33(24-11-7-4-8-12-24)20-27(34)35(32)30(39)31-19-23-9-5-3-6-10-23/h1,3,5-6,9-10,13-16,24,26-27,36H,4,7-8,11-12,17-21H2,(H,31,39)/t26?,27-/m0/s1. The van der Waals surface area contributed by atoms with Crippen LogP contribution in [0.4, 0.5) is 4.79 Å². The van der Waals surface area contributed by atoms with Crippen LogP contribution in [0.1, 0.15) is 43.2 Å². The molecular formula is C30H35N5O4. The lowest BCUT2D eigenvalue weighted by Crippen LogP contribution is -2.77. The number of benzene rings is 2. The molecule has 2 aliphatic heterocycles. The number of fused-ring (bicyclic) bond motifs is 1. The molecule has 204 valence electrons. The van der Waals surface area contributed by atoms with E-state index in [2.05, 4.69) is 11.2 Å². The number of urea groups is 1. The normalized spacial score (nSPS) is 22.4. The molecule has 2 N–H and O–H groups in total. The van der Waals surface area contributed by atoms with E-state index >= 15 is 0 Å². The van der Waals surface area contributed by atoms with Gasteiger partial charge >= 0.3 is 6.03 Å². The Hall–Kier alpha value is -4.03. The number of terminal acetylenes is 1. The number of carbonyl (C=O) groups excluding carboxylic acids is 3. The van der Waals surface area contributed by atoms with Crippen molar-refractivity contribution in [1.29, 1.82) is 0 Å². The zero-order valence-corrected chi connectivity index (χ0v) is 22.0. The summed E-state index contributed by atoms with van der Waals surface area (Å²) in [6.45, 7) is 0.557. The van der Waals surface area contributed by atoms with Crippen molar-refractivity contribution in [2.24, 2.45) is 0 Å². The number of nitrogens with zero attached hydrogens (tertiary/aromatic N) is 4. The average Bonchev–Trinajstić information content (AvgIpc) is 2.95. The summed E-state index contributed by atoms with van der Waals surface area (Å²) >= 11 is 0. The van der Waals surface area contributed by atoms with Gasteiger partial charge in [0.1, 0.15) is 18.0 Å². The molecule has 0 aromatic heterocycles. The van der Waals surface area contributed by atoms with E-state index in [1.165, 1.54) is 0 Å². The lowest BCUT2D eigenvalue weighted by molar-refractivity contribution is -0.191. The first-order chi connectivity index (χ1) is 19.0. The van der Waals surface area contributed by atoms with Crippen LogP contribution in [-0.4, -0.2) is 80.7 Å². The highest BCUT2D eigenvalue weighted by Crippen LogP contribution is 2.32. The Kier molecular flexibility index (Phi) is 8.03. The van der Waals surface area contributed by atoms with Crippen molar-refractivity contribution in [2.75, 3.05) is 19.6 Å². The Morgan fingerprint density at radius 1 is 1.00 bits per heavy atom. The van der Waals surface area contributed by atoms with Gasteiger partial charge in [0.15, 0.2) is 0 Å². The molecule has 1 saturated carbocycles. The molecule has 39 heavy (non-hydrogen) atoms. The molecule has 2 aromatic carbocycles. The quantitative estimate of drug-likeness (QED) is 0.561. The first-order valence-corrected chi connectivity index (χ1v) is 13.6. The summed E-state index contributed by atoms with van der Waals surface area (Å²) in [5.41, 5.74) is 1.78. The zero-order valence-electron chi connectivity index (χ0n) is 22.0. The van der Waals surface area contributed by atoms with Crippen LogP contribution in [0.5, 0.6) is 5.75 Å². The molecule has 1 aliphatic carbocycles. The second-order valence-corrected chi connectivity index (χ2v) is 10.5. The lowest BCUT2D eigenvalue weighted by Gasteiger charge is -2.56. The fraction of sp³-hybridized carbons (Fsp3) is 0.433. The van der Waals surface area contributed by atoms with E-state index in [1.807, 2.05) is 35.2 Å². The summed E-state index contributed by atoms with van der Waals surface area (Å²) in [4.78, 5) is 44.8. The molecule has 3 aliphatic rings. The molecule has 2 heterocycles. The van der Waals surface area contributed by atoms with Crippen molar-refractivity contribution in [2.45, 2.75) is 63.3 Å². The van der Waals surface area contributed by atoms with Crippen molar-refractivity contribution >= 4 is 17.8 Å². The molecule has 0 bridgehead atoms. The molecule has 9 heteroatoms. The Labute approximate surface area is 229 Å². The van der Waals surface area contributed by atoms with Gasteiger partial charge < -0.3 is 20.2 Å². The molecule has 2 aromatic rings. The number of phenols is 1. The third-order valence-electron chi connectivity index (χ3n) is 7.93. The van der Waals surface area contributed by atoms with Crippen molar-refractivity contribution in [3.8, 4) is 18.1 Å². The molecule has 2 atom stereocenters. The van der Waals surface area contributed by atoms with Gasteiger partial charge in [0, 0.05) is 19.0 Å². The predicted molar refractivity (Wildman–Crippen MR) is 146 cm³/mol. The topological polar surface area (TPSA) is 96.4 Å². The first-order valence-electron chi connectivity index (χ1n) is 13.6. The van der Waals surface area contributed by atoms with E-state index in [0.29, 0.717) is 13.0 Å². The Bertz CT molecular complexity index is 1220. The molecule has 1 unspecified atom stereocenters. The number of aromatic hydroxyl groups is 1. The Balaban J connectivity index is 1.48. The average molecular weight is 530 g/mol. The second kappa shape index (κ2) is 11.8. The van der Waals surface area contributed by atoms with Gasteiger partial charge in [0.05, 0.1) is 19.6 Å². The minimum absolute atomic E-state index is 0.0723. The Morgan fingerprint density at radius 3 is 2.41 bits per heavy atom. The molecule has 4 amide bonds. The minimum atomic E-state index is -0.764. The number of rotatable bonds is 6. The smallest absolute Gasteiger partial charge is 0.334 e. The van der Waals surface area contributed by atoms with Crippen molar-refractivity contribution in [3.05, 3.63) is 65.7 Å². The summed E-state index contributed by atoms with van der Waals surface area (Å²) in [5.74, 6) is 2.39. The number of piperazine rings is 1. The fourth-order valence-corrected chi connectivity index (χ4v) is 6.03. The van der Waals surface area contributed by atoms with Crippen LogP contribution in [-0.2, 0) is 22.6 Å². The molecular weight excluding hydrogens is 494 g/mol. The van der Waals surface area contributed by atoms with Gasteiger partial charge in [-0.25, -0.2) is 9.80 Å². The van der Waals surface area contributed by atoms with E-state index in [4.69, 9.17) is 6.42 Å². The molecule has 0 radical (unpaired) electrons. The van der Waals surface area contributed by atoms with Gasteiger partial charge in [0.25, 0.3) is 0 Å². The highest BCUT2D eigenvalue weighted by Gasteiger charge is 2.52. The van der Waals surface area contributed by atoms with Crippen LogP contribution >= 0.6 is 0 Å². The number of phenolic OH excluding ortho intramolecular Hbond substituents is 1. The van der Waals surface area contributed by atoms with Crippen LogP contribution in [0.3, 0.4) is 0 Å². The van der Waals surface area contributed by atoms with Gasteiger partial charge in [-0.15, -0.1) is 6.42 Å². The molecule has 0 spiro atoms. The van der Waals surface area contributed by atoms with Crippen LogP contribution in [0.25, 0.3) is 0 Å². The van der Waals surface area contributed by atoms with Gasteiger partial charge in [-0.3, -0.25) is 9.59 Å². The predicted octanol–water partition coefficient (Wildman–Crippen LogP) is 2.71. The van der Waals surface area contributed by atoms with E-state index < -0.39 is 12.2 Å². The van der Waals surface area contributed by atoms with Crippen molar-refractivity contribution in [1.82, 2.24) is 25.1 Å². The van der Waals surface area contributed by atoms with Gasteiger partial charge in [0.2, 0.25) is 11.8 Å². The van der Waals surface area contributed by atoms with Crippen molar-refractivity contribution < 1.29 is 19.5 Å². The number of nitrogens with one attached hydrogen (secondary N) is 1. The number of carbonyl (C=O) groups is 3. The highest BCUT2D eigenvalue weighted by molar-refractivity contribution is 5.92. The molecule has 2 saturated heterocycles. The van der Waals surface area contributed by atoms with E-state index in [0.717, 1.165) is 43.2 Å². The lowest BCUT2D eigenvalue weighted by atomic mass is 9.91. The van der Waals surface area contributed by atoms with Crippen LogP contribution in [0, 0.1) is 12.3 Å². The van der Waals surface area contributed by atoms with E-state index in [9.17, 15) is 19.5 Å². The van der Waals surface area contributed by atoms with Crippen LogP contribution in [0.2, 0.25) is 0 Å². The minimum Gasteiger partial charge on any atom is -0.508 e. The number of hydrazine groups is 1. The van der Waals surface area contributed by atoms with Gasteiger partial charge in [-0.05, 0) is 36.1 Å². The van der Waals surface area contributed by atoms with Crippen LogP contribution in [0.15, 0.2) is 54.6 Å². The second-order valence-electron chi connectivity index (χ2n) is 10.5. The maximum atomic E-state index is 14.0. The Morgan fingerprint density at radius 2 is 1.72 bits per heavy atom. The number of amides is 4. The fourth-order valence-electron chi connectivity index (χ4n) is 6.03. The molecule has 5 rings (SSSR count). The van der Waals surface area contributed by atoms with Gasteiger partial charge in [-0.1, -0.05) is 67.6 Å². The molecule has 3 fully saturated rings. The number of hydrogen-bond acceptors (Lipinski definition) is 5.